The highest BCUT2D eigenvalue weighted by molar-refractivity contribution is 5.36. The third-order valence-electron chi connectivity index (χ3n) is 3.70. The fourth-order valence-corrected chi connectivity index (χ4v) is 2.33. The molecule has 4 heteroatoms. The number of rotatable bonds is 11. The van der Waals surface area contributed by atoms with Crippen LogP contribution in [-0.4, -0.2) is 28.4 Å². The van der Waals surface area contributed by atoms with Crippen molar-refractivity contribution in [2.75, 3.05) is 13.1 Å². The zero-order chi connectivity index (χ0) is 15.5. The quantitative estimate of drug-likeness (QED) is 0.474. The molecule has 1 aromatic rings. The van der Waals surface area contributed by atoms with Crippen LogP contribution >= 0.6 is 0 Å². The summed E-state index contributed by atoms with van der Waals surface area (Å²) in [5, 5.41) is 31.9. The highest BCUT2D eigenvalue weighted by Gasteiger charge is 2.09. The van der Waals surface area contributed by atoms with Gasteiger partial charge < -0.3 is 20.6 Å². The lowest BCUT2D eigenvalue weighted by Gasteiger charge is -2.13. The van der Waals surface area contributed by atoms with Crippen molar-refractivity contribution in [1.82, 2.24) is 5.32 Å². The first-order valence-corrected chi connectivity index (χ1v) is 8.00. The summed E-state index contributed by atoms with van der Waals surface area (Å²) in [6.07, 6.45) is 6.95. The average molecular weight is 295 g/mol. The Bertz CT molecular complexity index is 396. The molecule has 1 rings (SSSR count). The van der Waals surface area contributed by atoms with E-state index in [4.69, 9.17) is 5.11 Å². The van der Waals surface area contributed by atoms with Gasteiger partial charge in [-0.25, -0.2) is 0 Å². The molecule has 1 aromatic carbocycles. The third-order valence-corrected chi connectivity index (χ3v) is 3.70. The van der Waals surface area contributed by atoms with Crippen LogP contribution in [-0.2, 0) is 6.61 Å². The van der Waals surface area contributed by atoms with E-state index in [1.807, 2.05) is 0 Å². The normalized spacial score (nSPS) is 12.5. The topological polar surface area (TPSA) is 72.7 Å². The van der Waals surface area contributed by atoms with E-state index >= 15 is 0 Å². The Labute approximate surface area is 127 Å². The van der Waals surface area contributed by atoms with Gasteiger partial charge in [-0.05, 0) is 30.7 Å². The Morgan fingerprint density at radius 1 is 1.10 bits per heavy atom. The third kappa shape index (κ3) is 6.93. The largest absolute Gasteiger partial charge is 0.508 e. The molecule has 1 unspecified atom stereocenters. The summed E-state index contributed by atoms with van der Waals surface area (Å²) in [7, 11) is 0. The Morgan fingerprint density at radius 3 is 2.52 bits per heavy atom. The van der Waals surface area contributed by atoms with Crippen molar-refractivity contribution in [2.45, 2.75) is 58.2 Å². The second-order valence-electron chi connectivity index (χ2n) is 5.53. The lowest BCUT2D eigenvalue weighted by Crippen LogP contribution is -2.22. The Balaban J connectivity index is 2.20. The molecule has 0 aliphatic rings. The molecule has 4 N–H and O–H groups in total. The minimum atomic E-state index is -0.615. The van der Waals surface area contributed by atoms with E-state index in [1.54, 1.807) is 12.1 Å². The SMILES string of the molecule is CCCCCCCCNCC(O)c1ccc(O)c(CO)c1. The van der Waals surface area contributed by atoms with Crippen molar-refractivity contribution in [3.05, 3.63) is 29.3 Å². The number of unbranched alkanes of at least 4 members (excludes halogenated alkanes) is 5. The lowest BCUT2D eigenvalue weighted by molar-refractivity contribution is 0.174. The van der Waals surface area contributed by atoms with Gasteiger partial charge in [-0.1, -0.05) is 45.1 Å². The predicted octanol–water partition coefficient (Wildman–Crippen LogP) is 2.87. The Kier molecular flexibility index (Phi) is 9.06. The second kappa shape index (κ2) is 10.6. The van der Waals surface area contributed by atoms with Crippen LogP contribution in [0.4, 0.5) is 0 Å². The standard InChI is InChI=1S/C17H29NO3/c1-2-3-4-5-6-7-10-18-12-17(21)14-8-9-16(20)15(11-14)13-19/h8-9,11,17-21H,2-7,10,12-13H2,1H3. The van der Waals surface area contributed by atoms with E-state index in [0.717, 1.165) is 13.0 Å². The summed E-state index contributed by atoms with van der Waals surface area (Å²) in [5.41, 5.74) is 1.16. The van der Waals surface area contributed by atoms with Crippen LogP contribution in [0.3, 0.4) is 0 Å². The summed E-state index contributed by atoms with van der Waals surface area (Å²) >= 11 is 0. The number of aliphatic hydroxyl groups is 2. The van der Waals surface area contributed by atoms with E-state index < -0.39 is 6.10 Å². The number of hydrogen-bond acceptors (Lipinski definition) is 4. The average Bonchev–Trinajstić information content (AvgIpc) is 2.50. The molecule has 0 radical (unpaired) electrons. The highest BCUT2D eigenvalue weighted by atomic mass is 16.3. The highest BCUT2D eigenvalue weighted by Crippen LogP contribution is 2.22. The Hall–Kier alpha value is -1.10. The maximum absolute atomic E-state index is 10.1. The molecule has 0 spiro atoms. The molecule has 0 saturated heterocycles. The molecule has 4 nitrogen and oxygen atoms in total. The predicted molar refractivity (Wildman–Crippen MR) is 85.2 cm³/mol. The van der Waals surface area contributed by atoms with Crippen molar-refractivity contribution >= 4 is 0 Å². The van der Waals surface area contributed by atoms with Gasteiger partial charge in [0.2, 0.25) is 0 Å². The van der Waals surface area contributed by atoms with Crippen molar-refractivity contribution in [2.24, 2.45) is 0 Å². The minimum absolute atomic E-state index is 0.0634. The number of aliphatic hydroxyl groups excluding tert-OH is 2. The second-order valence-corrected chi connectivity index (χ2v) is 5.53. The van der Waals surface area contributed by atoms with Gasteiger partial charge in [0, 0.05) is 12.1 Å². The summed E-state index contributed by atoms with van der Waals surface area (Å²) < 4.78 is 0. The first-order chi connectivity index (χ1) is 10.2. The van der Waals surface area contributed by atoms with Gasteiger partial charge in [-0.15, -0.1) is 0 Å². The monoisotopic (exact) mass is 295 g/mol. The van der Waals surface area contributed by atoms with Crippen molar-refractivity contribution in [3.63, 3.8) is 0 Å². The summed E-state index contributed by atoms with van der Waals surface area (Å²) in [6.45, 7) is 3.39. The first kappa shape index (κ1) is 18.0. The van der Waals surface area contributed by atoms with Gasteiger partial charge in [-0.3, -0.25) is 0 Å². The van der Waals surface area contributed by atoms with Gasteiger partial charge in [0.15, 0.2) is 0 Å². The van der Waals surface area contributed by atoms with Crippen molar-refractivity contribution < 1.29 is 15.3 Å². The van der Waals surface area contributed by atoms with Crippen LogP contribution < -0.4 is 5.32 Å². The molecule has 0 saturated carbocycles. The number of benzene rings is 1. The molecule has 1 atom stereocenters. The van der Waals surface area contributed by atoms with E-state index in [1.165, 1.54) is 38.2 Å². The van der Waals surface area contributed by atoms with E-state index in [-0.39, 0.29) is 12.4 Å². The van der Waals surface area contributed by atoms with Crippen LogP contribution in [0.1, 0.15) is 62.7 Å². The van der Waals surface area contributed by atoms with E-state index in [9.17, 15) is 10.2 Å². The van der Waals surface area contributed by atoms with Gasteiger partial charge >= 0.3 is 0 Å². The maximum Gasteiger partial charge on any atom is 0.121 e. The van der Waals surface area contributed by atoms with Crippen LogP contribution in [0, 0.1) is 0 Å². The van der Waals surface area contributed by atoms with Crippen molar-refractivity contribution in [3.8, 4) is 5.75 Å². The fraction of sp³-hybridized carbons (Fsp3) is 0.647. The molecular formula is C17H29NO3. The molecular weight excluding hydrogens is 266 g/mol. The molecule has 0 aliphatic heterocycles. The van der Waals surface area contributed by atoms with Crippen LogP contribution in [0.2, 0.25) is 0 Å². The summed E-state index contributed by atoms with van der Waals surface area (Å²) in [5.74, 6) is 0.0634. The van der Waals surface area contributed by atoms with Gasteiger partial charge in [0.25, 0.3) is 0 Å². The molecule has 0 bridgehead atoms. The summed E-state index contributed by atoms with van der Waals surface area (Å²) in [4.78, 5) is 0. The number of hydrogen-bond donors (Lipinski definition) is 4. The van der Waals surface area contributed by atoms with E-state index in [0.29, 0.717) is 17.7 Å². The zero-order valence-electron chi connectivity index (χ0n) is 13.0. The molecule has 120 valence electrons. The van der Waals surface area contributed by atoms with Gasteiger partial charge in [0.05, 0.1) is 12.7 Å². The number of aromatic hydroxyl groups is 1. The van der Waals surface area contributed by atoms with E-state index in [2.05, 4.69) is 12.2 Å². The summed E-state index contributed by atoms with van der Waals surface area (Å²) in [6, 6.07) is 4.84. The molecule has 0 heterocycles. The van der Waals surface area contributed by atoms with Crippen molar-refractivity contribution in [1.29, 1.82) is 0 Å². The van der Waals surface area contributed by atoms with Crippen LogP contribution in [0.25, 0.3) is 0 Å². The number of phenols is 1. The Morgan fingerprint density at radius 2 is 1.81 bits per heavy atom. The molecule has 21 heavy (non-hydrogen) atoms. The van der Waals surface area contributed by atoms with Gasteiger partial charge in [-0.2, -0.15) is 0 Å². The zero-order valence-corrected chi connectivity index (χ0v) is 13.0. The number of nitrogens with one attached hydrogen (secondary N) is 1. The molecule has 0 aromatic heterocycles. The maximum atomic E-state index is 10.1. The van der Waals surface area contributed by atoms with Gasteiger partial charge in [0.1, 0.15) is 5.75 Å². The van der Waals surface area contributed by atoms with Crippen LogP contribution in [0.15, 0.2) is 18.2 Å². The smallest absolute Gasteiger partial charge is 0.121 e. The minimum Gasteiger partial charge on any atom is -0.508 e. The molecule has 0 amide bonds. The lowest BCUT2D eigenvalue weighted by atomic mass is 10.1. The molecule has 0 fully saturated rings. The molecule has 0 aliphatic carbocycles. The fourth-order valence-electron chi connectivity index (χ4n) is 2.33. The van der Waals surface area contributed by atoms with Crippen LogP contribution in [0.5, 0.6) is 5.75 Å². The first-order valence-electron chi connectivity index (χ1n) is 8.00.